The first kappa shape index (κ1) is 15.9. The molecule has 0 amide bonds. The van der Waals surface area contributed by atoms with E-state index in [1.165, 1.54) is 30.6 Å². The number of dihydropyridines is 1. The number of nitrogens with zero attached hydrogens (tertiary/aromatic N) is 4. The number of aromatic nitrogens is 3. The van der Waals surface area contributed by atoms with Gasteiger partial charge in [0, 0.05) is 39.1 Å². The number of pyridine rings is 1. The summed E-state index contributed by atoms with van der Waals surface area (Å²) in [5.74, 6) is -0.394. The Hall–Kier alpha value is -3.03. The highest BCUT2D eigenvalue weighted by atomic mass is 19.1. The molecular weight excluding hydrogens is 314 g/mol. The minimum Gasteiger partial charge on any atom is -0.361 e. The molecular formula is C16H16F2N6. The molecule has 0 aromatic carbocycles. The van der Waals surface area contributed by atoms with Crippen molar-refractivity contribution in [3.63, 3.8) is 0 Å². The number of allylic oxidation sites excluding steroid dienone is 4. The Kier molecular flexibility index (Phi) is 4.11. The van der Waals surface area contributed by atoms with Crippen molar-refractivity contribution in [1.29, 1.82) is 0 Å². The highest BCUT2D eigenvalue weighted by molar-refractivity contribution is 6.11. The van der Waals surface area contributed by atoms with Gasteiger partial charge in [-0.05, 0) is 18.2 Å². The summed E-state index contributed by atoms with van der Waals surface area (Å²) in [6.07, 6.45) is 5.41. The molecule has 1 aliphatic rings. The number of nitrogens with one attached hydrogen (secondary N) is 2. The molecule has 0 aliphatic carbocycles. The van der Waals surface area contributed by atoms with Gasteiger partial charge < -0.3 is 10.2 Å². The zero-order chi connectivity index (χ0) is 17.3. The van der Waals surface area contributed by atoms with Crippen LogP contribution in [0.1, 0.15) is 5.69 Å². The maximum absolute atomic E-state index is 14.7. The normalized spacial score (nSPS) is 16.5. The van der Waals surface area contributed by atoms with Crippen LogP contribution in [0.4, 0.5) is 14.6 Å². The first-order valence-electron chi connectivity index (χ1n) is 7.20. The summed E-state index contributed by atoms with van der Waals surface area (Å²) >= 11 is 0. The van der Waals surface area contributed by atoms with Gasteiger partial charge in [-0.1, -0.05) is 0 Å². The van der Waals surface area contributed by atoms with Crippen molar-refractivity contribution in [3.8, 4) is 0 Å². The number of H-pyrrole nitrogens is 1. The van der Waals surface area contributed by atoms with E-state index in [4.69, 9.17) is 0 Å². The number of anilines is 1. The van der Waals surface area contributed by atoms with E-state index in [9.17, 15) is 8.78 Å². The van der Waals surface area contributed by atoms with Gasteiger partial charge in [-0.15, -0.1) is 0 Å². The topological polar surface area (TPSA) is 69.2 Å². The maximum atomic E-state index is 14.7. The van der Waals surface area contributed by atoms with Gasteiger partial charge in [0.1, 0.15) is 11.5 Å². The fourth-order valence-electron chi connectivity index (χ4n) is 2.42. The standard InChI is InChI=1S/C16H16F2N6/c1-19-8-11(13-6-9(17)4-5-20-13)14-12(18)7-10-15(21-14)22-23-16(10)24(2)3/h4-8,20H,1-3H3,(H,21,22,23)/b13-11+,19-8-. The molecule has 1 aliphatic heterocycles. The molecule has 0 bridgehead atoms. The lowest BCUT2D eigenvalue weighted by atomic mass is 10.1. The molecule has 0 spiro atoms. The third kappa shape index (κ3) is 2.78. The van der Waals surface area contributed by atoms with E-state index in [1.807, 2.05) is 14.1 Å². The molecule has 3 rings (SSSR count). The van der Waals surface area contributed by atoms with E-state index in [0.29, 0.717) is 28.1 Å². The number of halogens is 2. The van der Waals surface area contributed by atoms with Crippen molar-refractivity contribution < 1.29 is 8.78 Å². The second kappa shape index (κ2) is 6.23. The van der Waals surface area contributed by atoms with Crippen LogP contribution in [0.15, 0.2) is 40.9 Å². The molecule has 8 heteroatoms. The van der Waals surface area contributed by atoms with Crippen molar-refractivity contribution in [1.82, 2.24) is 20.5 Å². The molecule has 24 heavy (non-hydrogen) atoms. The van der Waals surface area contributed by atoms with E-state index in [-0.39, 0.29) is 5.69 Å². The Balaban J connectivity index is 2.21. The van der Waals surface area contributed by atoms with Crippen LogP contribution in [0, 0.1) is 5.82 Å². The van der Waals surface area contributed by atoms with Gasteiger partial charge in [0.15, 0.2) is 17.3 Å². The first-order chi connectivity index (χ1) is 11.5. The lowest BCUT2D eigenvalue weighted by molar-refractivity contribution is 0.619. The molecule has 124 valence electrons. The van der Waals surface area contributed by atoms with Crippen molar-refractivity contribution >= 4 is 28.6 Å². The third-order valence-electron chi connectivity index (χ3n) is 3.48. The third-order valence-corrected chi connectivity index (χ3v) is 3.48. The highest BCUT2D eigenvalue weighted by Crippen LogP contribution is 2.27. The monoisotopic (exact) mass is 330 g/mol. The van der Waals surface area contributed by atoms with E-state index in [1.54, 1.807) is 11.9 Å². The average molecular weight is 330 g/mol. The Bertz CT molecular complexity index is 905. The SMILES string of the molecule is C/N=C\C(=C1\C=C(F)C=CN1)c1nc2[nH]nc(N(C)C)c2cc1F. The molecule has 2 aromatic heterocycles. The summed E-state index contributed by atoms with van der Waals surface area (Å²) in [4.78, 5) is 10.0. The van der Waals surface area contributed by atoms with Crippen LogP contribution in [0.25, 0.3) is 16.6 Å². The Morgan fingerprint density at radius 3 is 2.79 bits per heavy atom. The van der Waals surface area contributed by atoms with E-state index in [0.717, 1.165) is 0 Å². The fraction of sp³-hybridized carbons (Fsp3) is 0.188. The molecule has 2 aromatic rings. The zero-order valence-electron chi connectivity index (χ0n) is 13.4. The van der Waals surface area contributed by atoms with Crippen LogP contribution < -0.4 is 10.2 Å². The van der Waals surface area contributed by atoms with Gasteiger partial charge in [-0.3, -0.25) is 10.1 Å². The van der Waals surface area contributed by atoms with Gasteiger partial charge in [-0.25, -0.2) is 13.8 Å². The van der Waals surface area contributed by atoms with Crippen LogP contribution >= 0.6 is 0 Å². The maximum Gasteiger partial charge on any atom is 0.159 e. The molecule has 2 N–H and O–H groups in total. The second-order valence-corrected chi connectivity index (χ2v) is 5.38. The smallest absolute Gasteiger partial charge is 0.159 e. The molecule has 0 fully saturated rings. The van der Waals surface area contributed by atoms with E-state index < -0.39 is 11.6 Å². The summed E-state index contributed by atoms with van der Waals surface area (Å²) in [6, 6.07) is 1.36. The highest BCUT2D eigenvalue weighted by Gasteiger charge is 2.18. The number of hydrogen-bond acceptors (Lipinski definition) is 5. The number of aliphatic imine (C=N–C) groups is 1. The Morgan fingerprint density at radius 2 is 2.12 bits per heavy atom. The fourth-order valence-corrected chi connectivity index (χ4v) is 2.42. The number of rotatable bonds is 3. The summed E-state index contributed by atoms with van der Waals surface area (Å²) in [5.41, 5.74) is 1.22. The predicted octanol–water partition coefficient (Wildman–Crippen LogP) is 2.55. The van der Waals surface area contributed by atoms with Gasteiger partial charge >= 0.3 is 0 Å². The van der Waals surface area contributed by atoms with Crippen LogP contribution in [0.5, 0.6) is 0 Å². The van der Waals surface area contributed by atoms with Gasteiger partial charge in [0.05, 0.1) is 11.1 Å². The van der Waals surface area contributed by atoms with Crippen molar-refractivity contribution in [2.45, 2.75) is 0 Å². The zero-order valence-corrected chi connectivity index (χ0v) is 13.4. The predicted molar refractivity (Wildman–Crippen MR) is 91.0 cm³/mol. The number of hydrogen-bond donors (Lipinski definition) is 2. The lowest BCUT2D eigenvalue weighted by Crippen LogP contribution is -2.12. The quantitative estimate of drug-likeness (QED) is 0.849. The van der Waals surface area contributed by atoms with E-state index >= 15 is 0 Å². The molecule has 0 unspecified atom stereocenters. The van der Waals surface area contributed by atoms with Gasteiger partial charge in [0.2, 0.25) is 0 Å². The molecule has 0 atom stereocenters. The van der Waals surface area contributed by atoms with Crippen LogP contribution in [0.2, 0.25) is 0 Å². The Morgan fingerprint density at radius 1 is 1.33 bits per heavy atom. The minimum absolute atomic E-state index is 0.0592. The summed E-state index contributed by atoms with van der Waals surface area (Å²) in [5, 5.41) is 10.4. The van der Waals surface area contributed by atoms with Crippen LogP contribution in [-0.4, -0.2) is 42.5 Å². The van der Waals surface area contributed by atoms with Crippen molar-refractivity contribution in [2.75, 3.05) is 26.0 Å². The number of fused-ring (bicyclic) bond motifs is 1. The minimum atomic E-state index is -0.542. The van der Waals surface area contributed by atoms with Crippen LogP contribution in [-0.2, 0) is 0 Å². The second-order valence-electron chi connectivity index (χ2n) is 5.38. The van der Waals surface area contributed by atoms with Gasteiger partial charge in [0.25, 0.3) is 0 Å². The molecule has 0 saturated carbocycles. The first-order valence-corrected chi connectivity index (χ1v) is 7.20. The number of aromatic amines is 1. The molecule has 3 heterocycles. The van der Waals surface area contributed by atoms with Crippen molar-refractivity contribution in [2.24, 2.45) is 4.99 Å². The van der Waals surface area contributed by atoms with Crippen molar-refractivity contribution in [3.05, 3.63) is 47.5 Å². The average Bonchev–Trinajstić information content (AvgIpc) is 2.95. The van der Waals surface area contributed by atoms with E-state index in [2.05, 4.69) is 25.5 Å². The molecule has 0 radical (unpaired) electrons. The lowest BCUT2D eigenvalue weighted by Gasteiger charge is -2.13. The van der Waals surface area contributed by atoms with Crippen LogP contribution in [0.3, 0.4) is 0 Å². The summed E-state index contributed by atoms with van der Waals surface area (Å²) in [6.45, 7) is 0. The largest absolute Gasteiger partial charge is 0.361 e. The van der Waals surface area contributed by atoms with Gasteiger partial charge in [-0.2, -0.15) is 5.10 Å². The molecule has 6 nitrogen and oxygen atoms in total. The Labute approximate surface area is 137 Å². The summed E-state index contributed by atoms with van der Waals surface area (Å²) < 4.78 is 28.2. The molecule has 0 saturated heterocycles. The summed E-state index contributed by atoms with van der Waals surface area (Å²) in [7, 11) is 5.17.